The number of benzene rings is 4. The summed E-state index contributed by atoms with van der Waals surface area (Å²) in [4.78, 5) is 53.0. The molecule has 14 nitrogen and oxygen atoms in total. The quantitative estimate of drug-likeness (QED) is 0.137. The maximum absolute atomic E-state index is 13.0. The van der Waals surface area contributed by atoms with Crippen LogP contribution in [0.25, 0.3) is 33.6 Å². The Balaban J connectivity index is 0.000000150. The summed E-state index contributed by atoms with van der Waals surface area (Å²) < 4.78 is 17.8. The third kappa shape index (κ3) is 6.68. The topological polar surface area (TPSA) is 149 Å². The number of ketones is 2. The molecule has 0 aliphatic carbocycles. The highest BCUT2D eigenvalue weighted by Gasteiger charge is 2.20. The summed E-state index contributed by atoms with van der Waals surface area (Å²) in [5.41, 5.74) is 8.22. The van der Waals surface area contributed by atoms with Crippen LogP contribution >= 0.6 is 0 Å². The molecule has 6 aromatic heterocycles. The minimum atomic E-state index is -0.152. The molecular formula is C44H34N10O4. The molecule has 0 saturated heterocycles. The molecule has 4 aromatic carbocycles. The summed E-state index contributed by atoms with van der Waals surface area (Å²) in [6, 6.07) is 34.3. The Morgan fingerprint density at radius 2 is 0.914 bits per heavy atom. The number of carbonyl (C=O) groups is 2. The van der Waals surface area contributed by atoms with E-state index in [9.17, 15) is 9.59 Å². The summed E-state index contributed by atoms with van der Waals surface area (Å²) in [7, 11) is 3.15. The minimum Gasteiger partial charge on any atom is -0.497 e. The molecule has 0 N–H and O–H groups in total. The predicted octanol–water partition coefficient (Wildman–Crippen LogP) is 6.73. The van der Waals surface area contributed by atoms with Crippen molar-refractivity contribution in [3.05, 3.63) is 181 Å². The molecule has 0 atom stereocenters. The highest BCUT2D eigenvalue weighted by atomic mass is 16.5. The summed E-state index contributed by atoms with van der Waals surface area (Å²) in [5, 5.41) is 0. The molecule has 10 rings (SSSR count). The summed E-state index contributed by atoms with van der Waals surface area (Å²) in [6.07, 6.45) is 9.89. The van der Waals surface area contributed by atoms with E-state index in [1.165, 1.54) is 0 Å². The number of methoxy groups -OCH3 is 2. The predicted molar refractivity (Wildman–Crippen MR) is 216 cm³/mol. The molecule has 0 spiro atoms. The van der Waals surface area contributed by atoms with Gasteiger partial charge in [0.15, 0.2) is 33.6 Å². The molecule has 6 heterocycles. The Hall–Kier alpha value is -8.00. The van der Waals surface area contributed by atoms with E-state index < -0.39 is 0 Å². The molecule has 10 aromatic rings. The Kier molecular flexibility index (Phi) is 9.39. The first-order valence-corrected chi connectivity index (χ1v) is 18.3. The van der Waals surface area contributed by atoms with Crippen LogP contribution in [0.1, 0.15) is 43.2 Å². The number of carbonyl (C=O) groups excluding carboxylic acids is 2. The van der Waals surface area contributed by atoms with E-state index in [1.807, 2.05) is 45.5 Å². The van der Waals surface area contributed by atoms with Crippen LogP contribution in [0.4, 0.5) is 0 Å². The van der Waals surface area contributed by atoms with Crippen molar-refractivity contribution in [2.24, 2.45) is 0 Å². The van der Waals surface area contributed by atoms with E-state index in [-0.39, 0.29) is 11.6 Å². The number of aromatic nitrogens is 10. The van der Waals surface area contributed by atoms with Crippen molar-refractivity contribution in [3.8, 4) is 11.5 Å². The molecular weight excluding hydrogens is 733 g/mol. The highest BCUT2D eigenvalue weighted by Crippen LogP contribution is 2.23. The van der Waals surface area contributed by atoms with Gasteiger partial charge in [0.2, 0.25) is 11.6 Å². The largest absolute Gasteiger partial charge is 0.497 e. The first-order valence-electron chi connectivity index (χ1n) is 18.3. The van der Waals surface area contributed by atoms with Crippen LogP contribution in [-0.2, 0) is 13.1 Å². The number of hydrogen-bond donors (Lipinski definition) is 0. The second kappa shape index (κ2) is 15.3. The SMILES string of the molecule is COc1cccc(C(=O)c2cnc3c4ncn(Cc5ccccc5)c4ncn23)c1.COc1cccc(C(=O)c2cnc3c4ncn(Cc5ccccc5)c4ncn23)c1. The second-order valence-corrected chi connectivity index (χ2v) is 13.3. The average Bonchev–Trinajstić information content (AvgIpc) is 4.09. The number of ether oxygens (including phenoxy) is 2. The van der Waals surface area contributed by atoms with Crippen molar-refractivity contribution < 1.29 is 19.1 Å². The molecule has 0 aliphatic heterocycles. The van der Waals surface area contributed by atoms with E-state index in [2.05, 4.69) is 54.2 Å². The van der Waals surface area contributed by atoms with Gasteiger partial charge in [0.05, 0.1) is 52.4 Å². The molecule has 0 saturated carbocycles. The lowest BCUT2D eigenvalue weighted by molar-refractivity contribution is 0.102. The van der Waals surface area contributed by atoms with Gasteiger partial charge in [0.25, 0.3) is 0 Å². The van der Waals surface area contributed by atoms with Gasteiger partial charge in [-0.05, 0) is 35.4 Å². The van der Waals surface area contributed by atoms with E-state index in [1.54, 1.807) is 109 Å². The van der Waals surface area contributed by atoms with Crippen molar-refractivity contribution in [1.82, 2.24) is 47.8 Å². The zero-order chi connectivity index (χ0) is 39.6. The monoisotopic (exact) mass is 766 g/mol. The first kappa shape index (κ1) is 35.7. The number of fused-ring (bicyclic) bond motifs is 6. The summed E-state index contributed by atoms with van der Waals surface area (Å²) in [6.45, 7) is 1.33. The van der Waals surface area contributed by atoms with Crippen molar-refractivity contribution in [1.29, 1.82) is 0 Å². The Morgan fingerprint density at radius 1 is 0.483 bits per heavy atom. The zero-order valence-electron chi connectivity index (χ0n) is 31.4. The molecule has 58 heavy (non-hydrogen) atoms. The molecule has 0 aliphatic rings. The number of imidazole rings is 4. The van der Waals surface area contributed by atoms with Crippen molar-refractivity contribution in [2.75, 3.05) is 14.2 Å². The van der Waals surface area contributed by atoms with Crippen LogP contribution in [0.2, 0.25) is 0 Å². The fourth-order valence-corrected chi connectivity index (χ4v) is 6.82. The highest BCUT2D eigenvalue weighted by molar-refractivity contribution is 6.09. The van der Waals surface area contributed by atoms with Crippen molar-refractivity contribution >= 4 is 45.2 Å². The van der Waals surface area contributed by atoms with Gasteiger partial charge in [-0.25, -0.2) is 29.9 Å². The van der Waals surface area contributed by atoms with Gasteiger partial charge in [0.1, 0.15) is 35.5 Å². The zero-order valence-corrected chi connectivity index (χ0v) is 31.4. The fourth-order valence-electron chi connectivity index (χ4n) is 6.82. The lowest BCUT2D eigenvalue weighted by Gasteiger charge is -2.05. The number of rotatable bonds is 10. The standard InChI is InChI=1S/2C22H17N5O2/c2*1-29-17-9-5-8-16(10-17)20(28)18-11-23-22-19-21(25-14-27(18)22)26(13-24-19)12-15-6-3-2-4-7-15/h2*2-11,13-14H,12H2,1H3. The second-order valence-electron chi connectivity index (χ2n) is 13.3. The maximum Gasteiger partial charge on any atom is 0.211 e. The van der Waals surface area contributed by atoms with Gasteiger partial charge < -0.3 is 18.6 Å². The lowest BCUT2D eigenvalue weighted by Crippen LogP contribution is -2.06. The Bertz CT molecular complexity index is 2880. The lowest BCUT2D eigenvalue weighted by atomic mass is 10.1. The van der Waals surface area contributed by atoms with Crippen LogP contribution in [-0.4, -0.2) is 73.6 Å². The van der Waals surface area contributed by atoms with E-state index in [0.717, 1.165) is 22.4 Å². The van der Waals surface area contributed by atoms with Crippen LogP contribution in [0.3, 0.4) is 0 Å². The summed E-state index contributed by atoms with van der Waals surface area (Å²) >= 11 is 0. The number of nitrogens with zero attached hydrogens (tertiary/aromatic N) is 10. The first-order chi connectivity index (χ1) is 28.5. The molecule has 14 heteroatoms. The van der Waals surface area contributed by atoms with Crippen LogP contribution in [0.5, 0.6) is 11.5 Å². The smallest absolute Gasteiger partial charge is 0.211 e. The van der Waals surface area contributed by atoms with E-state index in [4.69, 9.17) is 9.47 Å². The molecule has 0 radical (unpaired) electrons. The van der Waals surface area contributed by atoms with Gasteiger partial charge in [-0.3, -0.25) is 18.4 Å². The van der Waals surface area contributed by atoms with Gasteiger partial charge in [0, 0.05) is 11.1 Å². The van der Waals surface area contributed by atoms with Gasteiger partial charge in [-0.2, -0.15) is 0 Å². The minimum absolute atomic E-state index is 0.152. The Labute approximate surface area is 330 Å². The molecule has 0 unspecified atom stereocenters. The average molecular weight is 767 g/mol. The van der Waals surface area contributed by atoms with Crippen LogP contribution in [0, 0.1) is 0 Å². The van der Waals surface area contributed by atoms with Crippen LogP contribution < -0.4 is 9.47 Å². The summed E-state index contributed by atoms with van der Waals surface area (Å²) in [5.74, 6) is 0.956. The molecule has 0 amide bonds. The normalized spacial score (nSPS) is 11.2. The molecule has 0 fully saturated rings. The number of hydrogen-bond acceptors (Lipinski definition) is 10. The van der Waals surface area contributed by atoms with E-state index in [0.29, 0.717) is 69.4 Å². The van der Waals surface area contributed by atoms with Crippen molar-refractivity contribution in [3.63, 3.8) is 0 Å². The fraction of sp³-hybridized carbons (Fsp3) is 0.0909. The van der Waals surface area contributed by atoms with E-state index >= 15 is 0 Å². The molecule has 284 valence electrons. The maximum atomic E-state index is 13.0. The van der Waals surface area contributed by atoms with Crippen molar-refractivity contribution in [2.45, 2.75) is 13.1 Å². The van der Waals surface area contributed by atoms with Crippen LogP contribution in [0.15, 0.2) is 147 Å². The van der Waals surface area contributed by atoms with Gasteiger partial charge in [-0.1, -0.05) is 84.9 Å². The third-order valence-electron chi connectivity index (χ3n) is 9.75. The molecule has 0 bridgehead atoms. The van der Waals surface area contributed by atoms with Gasteiger partial charge in [-0.15, -0.1) is 0 Å². The van der Waals surface area contributed by atoms with Gasteiger partial charge >= 0.3 is 0 Å². The Morgan fingerprint density at radius 3 is 1.33 bits per heavy atom. The third-order valence-corrected chi connectivity index (χ3v) is 9.75.